The summed E-state index contributed by atoms with van der Waals surface area (Å²) in [6.45, 7) is 3.78. The van der Waals surface area contributed by atoms with Crippen LogP contribution in [0.25, 0.3) is 5.57 Å². The zero-order valence-corrected chi connectivity index (χ0v) is 19.1. The fourth-order valence-corrected chi connectivity index (χ4v) is 6.80. The summed E-state index contributed by atoms with van der Waals surface area (Å²) in [4.78, 5) is 5.56. The third kappa shape index (κ3) is 4.55. The van der Waals surface area contributed by atoms with Gasteiger partial charge in [-0.3, -0.25) is 0 Å². The normalized spacial score (nSPS) is 20.1. The van der Waals surface area contributed by atoms with Gasteiger partial charge in [0.25, 0.3) is 0 Å². The van der Waals surface area contributed by atoms with Gasteiger partial charge in [-0.2, -0.15) is 0 Å². The molecule has 2 heteroatoms. The standard InChI is InChI=1S/C28H35NS/c1-2-10-22(11-3-1)12-8-9-19-29-20-17-23(18-21-29)28-24-13-4-6-15-26(24)30-27-16-7-5-14-25(27)28/h4-7,13-16,22H,1-3,8-12,17-21H2. The number of piperidine rings is 1. The summed E-state index contributed by atoms with van der Waals surface area (Å²) in [6.07, 6.45) is 14.2. The Labute approximate surface area is 187 Å². The maximum Gasteiger partial charge on any atom is 0.0201 e. The topological polar surface area (TPSA) is 3.24 Å². The van der Waals surface area contributed by atoms with Gasteiger partial charge in [0.2, 0.25) is 0 Å². The second kappa shape index (κ2) is 9.75. The third-order valence-electron chi connectivity index (χ3n) is 7.41. The third-order valence-corrected chi connectivity index (χ3v) is 8.56. The summed E-state index contributed by atoms with van der Waals surface area (Å²) in [7, 11) is 0. The van der Waals surface area contributed by atoms with Gasteiger partial charge in [-0.05, 0) is 60.6 Å². The molecule has 0 amide bonds. The van der Waals surface area contributed by atoms with Gasteiger partial charge in [0.1, 0.15) is 0 Å². The quantitative estimate of drug-likeness (QED) is 0.390. The molecule has 30 heavy (non-hydrogen) atoms. The number of unbranched alkanes of at least 4 members (excludes halogenated alkanes) is 1. The Hall–Kier alpha value is -1.51. The van der Waals surface area contributed by atoms with Crippen molar-refractivity contribution in [2.45, 2.75) is 74.0 Å². The van der Waals surface area contributed by atoms with E-state index in [1.165, 1.54) is 110 Å². The number of fused-ring (bicyclic) bond motifs is 2. The van der Waals surface area contributed by atoms with Crippen molar-refractivity contribution < 1.29 is 0 Å². The van der Waals surface area contributed by atoms with E-state index in [9.17, 15) is 0 Å². The van der Waals surface area contributed by atoms with E-state index in [4.69, 9.17) is 0 Å². The predicted octanol–water partition coefficient (Wildman–Crippen LogP) is 7.80. The lowest BCUT2D eigenvalue weighted by atomic mass is 9.85. The van der Waals surface area contributed by atoms with Crippen molar-refractivity contribution in [1.29, 1.82) is 0 Å². The maximum absolute atomic E-state index is 2.72. The molecule has 0 radical (unpaired) electrons. The lowest BCUT2D eigenvalue weighted by Crippen LogP contribution is -2.32. The average molecular weight is 418 g/mol. The molecule has 0 aromatic heterocycles. The van der Waals surface area contributed by atoms with Crippen LogP contribution in [-0.4, -0.2) is 24.5 Å². The Morgan fingerprint density at radius 1 is 0.767 bits per heavy atom. The lowest BCUT2D eigenvalue weighted by molar-refractivity contribution is 0.244. The summed E-state index contributed by atoms with van der Waals surface area (Å²) in [5.41, 5.74) is 6.12. The number of hydrogen-bond donors (Lipinski definition) is 0. The Bertz CT molecular complexity index is 836. The van der Waals surface area contributed by atoms with Crippen LogP contribution in [0.2, 0.25) is 0 Å². The molecule has 0 bridgehead atoms. The van der Waals surface area contributed by atoms with Gasteiger partial charge < -0.3 is 4.90 Å². The van der Waals surface area contributed by atoms with Crippen LogP contribution in [-0.2, 0) is 0 Å². The van der Waals surface area contributed by atoms with Crippen molar-refractivity contribution in [3.05, 3.63) is 65.2 Å². The molecule has 0 unspecified atom stereocenters. The molecule has 1 aliphatic carbocycles. The highest BCUT2D eigenvalue weighted by atomic mass is 32.2. The fraction of sp³-hybridized carbons (Fsp3) is 0.500. The minimum Gasteiger partial charge on any atom is -0.303 e. The van der Waals surface area contributed by atoms with E-state index in [1.807, 2.05) is 11.8 Å². The average Bonchev–Trinajstić information content (AvgIpc) is 2.81. The molecule has 158 valence electrons. The van der Waals surface area contributed by atoms with Gasteiger partial charge in [-0.1, -0.05) is 98.7 Å². The molecule has 2 fully saturated rings. The lowest BCUT2D eigenvalue weighted by Gasteiger charge is -2.32. The van der Waals surface area contributed by atoms with Crippen molar-refractivity contribution in [2.24, 2.45) is 5.92 Å². The van der Waals surface area contributed by atoms with Crippen LogP contribution < -0.4 is 0 Å². The molecule has 5 rings (SSSR count). The van der Waals surface area contributed by atoms with Crippen LogP contribution in [0, 0.1) is 5.92 Å². The summed E-state index contributed by atoms with van der Waals surface area (Å²) in [5, 5.41) is 0. The zero-order valence-electron chi connectivity index (χ0n) is 18.2. The SMILES string of the molecule is c1ccc2c(c1)Sc1ccccc1C2=C1CCN(CCCCC2CCCCC2)CC1. The van der Waals surface area contributed by atoms with Gasteiger partial charge in [0, 0.05) is 22.9 Å². The van der Waals surface area contributed by atoms with Crippen molar-refractivity contribution >= 4 is 17.3 Å². The number of rotatable bonds is 5. The van der Waals surface area contributed by atoms with Gasteiger partial charge >= 0.3 is 0 Å². The molecule has 1 saturated heterocycles. The minimum absolute atomic E-state index is 1.04. The van der Waals surface area contributed by atoms with Gasteiger partial charge in [-0.15, -0.1) is 0 Å². The summed E-state index contributed by atoms with van der Waals surface area (Å²) in [6, 6.07) is 18.0. The Morgan fingerprint density at radius 3 is 2.07 bits per heavy atom. The van der Waals surface area contributed by atoms with E-state index in [1.54, 1.807) is 5.57 Å². The summed E-state index contributed by atoms with van der Waals surface area (Å²) < 4.78 is 0. The van der Waals surface area contributed by atoms with Crippen LogP contribution in [0.3, 0.4) is 0 Å². The zero-order chi connectivity index (χ0) is 20.2. The first kappa shape index (κ1) is 20.4. The predicted molar refractivity (Wildman–Crippen MR) is 129 cm³/mol. The molecule has 0 spiro atoms. The van der Waals surface area contributed by atoms with Crippen LogP contribution in [0.15, 0.2) is 63.9 Å². The van der Waals surface area contributed by atoms with Gasteiger partial charge in [-0.25, -0.2) is 0 Å². The molecule has 2 aromatic carbocycles. The molecule has 1 saturated carbocycles. The van der Waals surface area contributed by atoms with Crippen LogP contribution >= 0.6 is 11.8 Å². The van der Waals surface area contributed by atoms with Gasteiger partial charge in [0.05, 0.1) is 0 Å². The van der Waals surface area contributed by atoms with Crippen LogP contribution in [0.5, 0.6) is 0 Å². The Balaban J connectivity index is 1.22. The molecule has 2 aliphatic heterocycles. The highest BCUT2D eigenvalue weighted by molar-refractivity contribution is 7.99. The van der Waals surface area contributed by atoms with Crippen molar-refractivity contribution in [3.8, 4) is 0 Å². The molecule has 0 atom stereocenters. The molecule has 1 nitrogen and oxygen atoms in total. The van der Waals surface area contributed by atoms with Crippen molar-refractivity contribution in [3.63, 3.8) is 0 Å². The van der Waals surface area contributed by atoms with Crippen molar-refractivity contribution in [2.75, 3.05) is 19.6 Å². The molecule has 2 aromatic rings. The van der Waals surface area contributed by atoms with Crippen molar-refractivity contribution in [1.82, 2.24) is 4.90 Å². The Morgan fingerprint density at radius 2 is 1.40 bits per heavy atom. The fourth-order valence-electron chi connectivity index (χ4n) is 5.71. The largest absolute Gasteiger partial charge is 0.303 e. The van der Waals surface area contributed by atoms with E-state index in [2.05, 4.69) is 53.4 Å². The molecule has 3 aliphatic rings. The second-order valence-corrected chi connectivity index (χ2v) is 10.5. The monoisotopic (exact) mass is 417 g/mol. The van der Waals surface area contributed by atoms with Crippen LogP contribution in [0.1, 0.15) is 75.3 Å². The highest BCUT2D eigenvalue weighted by Crippen LogP contribution is 2.47. The first-order valence-corrected chi connectivity index (χ1v) is 13.0. The Kier molecular flexibility index (Phi) is 6.63. The number of benzene rings is 2. The van der Waals surface area contributed by atoms with Gasteiger partial charge in [0.15, 0.2) is 0 Å². The summed E-state index contributed by atoms with van der Waals surface area (Å²) >= 11 is 1.93. The number of likely N-dealkylation sites (tertiary alicyclic amines) is 1. The maximum atomic E-state index is 2.72. The number of hydrogen-bond acceptors (Lipinski definition) is 2. The smallest absolute Gasteiger partial charge is 0.0201 e. The molecular weight excluding hydrogens is 382 g/mol. The minimum atomic E-state index is 1.04. The second-order valence-electron chi connectivity index (χ2n) is 9.41. The van der Waals surface area contributed by atoms with E-state index < -0.39 is 0 Å². The first-order valence-electron chi connectivity index (χ1n) is 12.2. The number of nitrogens with zero attached hydrogens (tertiary/aromatic N) is 1. The summed E-state index contributed by atoms with van der Waals surface area (Å²) in [5.74, 6) is 1.04. The molecular formula is C28H35NS. The van der Waals surface area contributed by atoms with E-state index in [0.717, 1.165) is 5.92 Å². The molecule has 0 N–H and O–H groups in total. The van der Waals surface area contributed by atoms with E-state index >= 15 is 0 Å². The van der Waals surface area contributed by atoms with Crippen LogP contribution in [0.4, 0.5) is 0 Å². The van der Waals surface area contributed by atoms with E-state index in [-0.39, 0.29) is 0 Å². The first-order chi connectivity index (χ1) is 14.9. The molecule has 2 heterocycles. The highest BCUT2D eigenvalue weighted by Gasteiger charge is 2.25. The van der Waals surface area contributed by atoms with E-state index in [0.29, 0.717) is 0 Å².